The number of nitrogens with one attached hydrogen (secondary N) is 1. The molecule has 1 aliphatic carbocycles. The van der Waals surface area contributed by atoms with Gasteiger partial charge in [0.15, 0.2) is 0 Å². The molecule has 1 fully saturated rings. The Kier molecular flexibility index (Phi) is 3.78. The van der Waals surface area contributed by atoms with Crippen LogP contribution in [0.4, 0.5) is 0 Å². The van der Waals surface area contributed by atoms with Gasteiger partial charge in [0.2, 0.25) is 0 Å². The Bertz CT molecular complexity index is 142. The molecule has 1 rings (SSSR count). The first-order chi connectivity index (χ1) is 6.03. The summed E-state index contributed by atoms with van der Waals surface area (Å²) in [6.07, 6.45) is 5.72. The van der Waals surface area contributed by atoms with Crippen LogP contribution in [0.2, 0.25) is 0 Å². The average molecular weight is 183 g/mol. The van der Waals surface area contributed by atoms with Gasteiger partial charge in [0.25, 0.3) is 0 Å². The number of hydrogen-bond donors (Lipinski definition) is 1. The minimum absolute atomic E-state index is 0.293. The predicted octanol–water partition coefficient (Wildman–Crippen LogP) is 3.20. The lowest BCUT2D eigenvalue weighted by Gasteiger charge is -2.25. The molecule has 0 aromatic rings. The standard InChI is InChI=1S/C12H25N/c1-5-6-11(10-7-8-10)9-13-12(2,3)4/h10-11,13H,5-9H2,1-4H3. The largest absolute Gasteiger partial charge is 0.312 e. The van der Waals surface area contributed by atoms with Gasteiger partial charge < -0.3 is 5.32 Å². The van der Waals surface area contributed by atoms with E-state index in [2.05, 4.69) is 33.0 Å². The fraction of sp³-hybridized carbons (Fsp3) is 1.00. The maximum absolute atomic E-state index is 3.63. The molecule has 1 saturated carbocycles. The third kappa shape index (κ3) is 4.66. The van der Waals surface area contributed by atoms with Crippen molar-refractivity contribution >= 4 is 0 Å². The van der Waals surface area contributed by atoms with E-state index in [4.69, 9.17) is 0 Å². The predicted molar refractivity (Wildman–Crippen MR) is 58.9 cm³/mol. The summed E-state index contributed by atoms with van der Waals surface area (Å²) in [6, 6.07) is 0. The van der Waals surface area contributed by atoms with E-state index in [1.807, 2.05) is 0 Å². The van der Waals surface area contributed by atoms with Gasteiger partial charge in [0.1, 0.15) is 0 Å². The topological polar surface area (TPSA) is 12.0 Å². The Morgan fingerprint density at radius 3 is 2.31 bits per heavy atom. The highest BCUT2D eigenvalue weighted by Gasteiger charge is 2.30. The third-order valence-electron chi connectivity index (χ3n) is 2.84. The van der Waals surface area contributed by atoms with E-state index in [9.17, 15) is 0 Å². The molecule has 1 N–H and O–H groups in total. The van der Waals surface area contributed by atoms with Crippen molar-refractivity contribution in [2.45, 2.75) is 58.9 Å². The van der Waals surface area contributed by atoms with E-state index in [1.165, 1.54) is 32.2 Å². The summed E-state index contributed by atoms with van der Waals surface area (Å²) in [6.45, 7) is 10.3. The normalized spacial score (nSPS) is 20.3. The molecule has 13 heavy (non-hydrogen) atoms. The molecule has 0 aromatic heterocycles. The second kappa shape index (κ2) is 4.45. The molecule has 0 spiro atoms. The second-order valence-corrected chi connectivity index (χ2v) is 5.52. The second-order valence-electron chi connectivity index (χ2n) is 5.52. The van der Waals surface area contributed by atoms with Crippen molar-refractivity contribution < 1.29 is 0 Å². The fourth-order valence-electron chi connectivity index (χ4n) is 1.88. The van der Waals surface area contributed by atoms with Crippen LogP contribution in [-0.4, -0.2) is 12.1 Å². The van der Waals surface area contributed by atoms with Crippen LogP contribution in [0.15, 0.2) is 0 Å². The minimum Gasteiger partial charge on any atom is -0.312 e. The summed E-state index contributed by atoms with van der Waals surface area (Å²) >= 11 is 0. The minimum atomic E-state index is 0.293. The summed E-state index contributed by atoms with van der Waals surface area (Å²) in [5.41, 5.74) is 0.293. The summed E-state index contributed by atoms with van der Waals surface area (Å²) < 4.78 is 0. The van der Waals surface area contributed by atoms with E-state index >= 15 is 0 Å². The monoisotopic (exact) mass is 183 g/mol. The van der Waals surface area contributed by atoms with Crippen LogP contribution in [0.25, 0.3) is 0 Å². The SMILES string of the molecule is CCCC(CNC(C)(C)C)C1CC1. The zero-order chi connectivity index (χ0) is 9.90. The molecule has 0 bridgehead atoms. The average Bonchev–Trinajstić information content (AvgIpc) is 2.78. The highest BCUT2D eigenvalue weighted by Crippen LogP contribution is 2.38. The van der Waals surface area contributed by atoms with Gasteiger partial charge in [-0.15, -0.1) is 0 Å². The van der Waals surface area contributed by atoms with Crippen LogP contribution in [-0.2, 0) is 0 Å². The van der Waals surface area contributed by atoms with Crippen molar-refractivity contribution in [1.29, 1.82) is 0 Å². The Labute approximate surface area is 83.3 Å². The van der Waals surface area contributed by atoms with Crippen LogP contribution in [0, 0.1) is 11.8 Å². The zero-order valence-electron chi connectivity index (χ0n) is 9.69. The molecule has 0 aromatic carbocycles. The molecule has 0 radical (unpaired) electrons. The first kappa shape index (κ1) is 11.0. The van der Waals surface area contributed by atoms with Gasteiger partial charge in [-0.1, -0.05) is 13.3 Å². The van der Waals surface area contributed by atoms with E-state index in [0.29, 0.717) is 5.54 Å². The summed E-state index contributed by atoms with van der Waals surface area (Å²) in [7, 11) is 0. The van der Waals surface area contributed by atoms with Crippen LogP contribution in [0.5, 0.6) is 0 Å². The lowest BCUT2D eigenvalue weighted by molar-refractivity contribution is 0.332. The quantitative estimate of drug-likeness (QED) is 0.690. The lowest BCUT2D eigenvalue weighted by Crippen LogP contribution is -2.39. The highest BCUT2D eigenvalue weighted by atomic mass is 14.9. The Balaban J connectivity index is 2.22. The van der Waals surface area contributed by atoms with Crippen molar-refractivity contribution in [2.24, 2.45) is 11.8 Å². The molecule has 0 heterocycles. The Hall–Kier alpha value is -0.0400. The van der Waals surface area contributed by atoms with E-state index in [1.54, 1.807) is 0 Å². The van der Waals surface area contributed by atoms with Gasteiger partial charge in [-0.25, -0.2) is 0 Å². The molecule has 1 atom stereocenters. The molecule has 1 unspecified atom stereocenters. The van der Waals surface area contributed by atoms with Crippen LogP contribution < -0.4 is 5.32 Å². The molecular weight excluding hydrogens is 158 g/mol. The molecule has 78 valence electrons. The number of hydrogen-bond acceptors (Lipinski definition) is 1. The Morgan fingerprint density at radius 1 is 1.31 bits per heavy atom. The van der Waals surface area contributed by atoms with E-state index < -0.39 is 0 Å². The van der Waals surface area contributed by atoms with E-state index in [-0.39, 0.29) is 0 Å². The summed E-state index contributed by atoms with van der Waals surface area (Å²) in [5, 5.41) is 3.63. The van der Waals surface area contributed by atoms with Crippen molar-refractivity contribution in [1.82, 2.24) is 5.32 Å². The van der Waals surface area contributed by atoms with E-state index in [0.717, 1.165) is 11.8 Å². The van der Waals surface area contributed by atoms with Crippen molar-refractivity contribution in [3.8, 4) is 0 Å². The van der Waals surface area contributed by atoms with Crippen molar-refractivity contribution in [3.05, 3.63) is 0 Å². The van der Waals surface area contributed by atoms with Crippen LogP contribution >= 0.6 is 0 Å². The first-order valence-electron chi connectivity index (χ1n) is 5.78. The first-order valence-corrected chi connectivity index (χ1v) is 5.78. The van der Waals surface area contributed by atoms with Gasteiger partial charge in [-0.05, 0) is 58.4 Å². The van der Waals surface area contributed by atoms with Crippen molar-refractivity contribution in [2.75, 3.05) is 6.54 Å². The molecule has 1 aliphatic rings. The van der Waals surface area contributed by atoms with Crippen LogP contribution in [0.1, 0.15) is 53.4 Å². The number of rotatable bonds is 5. The smallest absolute Gasteiger partial charge is 0.00966 e. The summed E-state index contributed by atoms with van der Waals surface area (Å²) in [5.74, 6) is 2.00. The maximum atomic E-state index is 3.63. The van der Waals surface area contributed by atoms with Gasteiger partial charge in [-0.3, -0.25) is 0 Å². The maximum Gasteiger partial charge on any atom is 0.00966 e. The zero-order valence-corrected chi connectivity index (χ0v) is 9.69. The summed E-state index contributed by atoms with van der Waals surface area (Å²) in [4.78, 5) is 0. The highest BCUT2D eigenvalue weighted by molar-refractivity contribution is 4.84. The lowest BCUT2D eigenvalue weighted by atomic mass is 9.96. The third-order valence-corrected chi connectivity index (χ3v) is 2.84. The molecular formula is C12H25N. The van der Waals surface area contributed by atoms with Crippen molar-refractivity contribution in [3.63, 3.8) is 0 Å². The molecule has 0 saturated heterocycles. The van der Waals surface area contributed by atoms with Gasteiger partial charge in [-0.2, -0.15) is 0 Å². The van der Waals surface area contributed by atoms with Gasteiger partial charge >= 0.3 is 0 Å². The van der Waals surface area contributed by atoms with Gasteiger partial charge in [0.05, 0.1) is 0 Å². The molecule has 0 amide bonds. The molecule has 0 aliphatic heterocycles. The van der Waals surface area contributed by atoms with Crippen LogP contribution in [0.3, 0.4) is 0 Å². The molecule has 1 heteroatoms. The Morgan fingerprint density at radius 2 is 1.92 bits per heavy atom. The fourth-order valence-corrected chi connectivity index (χ4v) is 1.88. The molecule has 1 nitrogen and oxygen atoms in total. The van der Waals surface area contributed by atoms with Gasteiger partial charge in [0, 0.05) is 5.54 Å².